The Morgan fingerprint density at radius 2 is 1.75 bits per heavy atom. The average molecular weight is 360 g/mol. The first-order valence-corrected chi connectivity index (χ1v) is 8.73. The van der Waals surface area contributed by atoms with Crippen molar-refractivity contribution >= 4 is 27.5 Å². The van der Waals surface area contributed by atoms with Crippen LogP contribution in [0.2, 0.25) is 5.15 Å². The van der Waals surface area contributed by atoms with Gasteiger partial charge in [-0.2, -0.15) is 0 Å². The Balaban J connectivity index is 2.27. The minimum Gasteiger partial charge on any atom is -0.236 e. The maximum absolute atomic E-state index is 6.30. The number of aromatic nitrogens is 2. The number of nitrogens with zero attached hydrogens (tertiary/aromatic N) is 2. The van der Waals surface area contributed by atoms with Crippen LogP contribution in [0.5, 0.6) is 0 Å². The lowest BCUT2D eigenvalue weighted by molar-refractivity contribution is 0.311. The van der Waals surface area contributed by atoms with Crippen LogP contribution < -0.4 is 0 Å². The van der Waals surface area contributed by atoms with Crippen LogP contribution in [0.3, 0.4) is 0 Å². The van der Waals surface area contributed by atoms with Gasteiger partial charge < -0.3 is 0 Å². The zero-order valence-corrected chi connectivity index (χ0v) is 15.2. The van der Waals surface area contributed by atoms with E-state index in [1.165, 1.54) is 32.1 Å². The molecule has 0 spiro atoms. The van der Waals surface area contributed by atoms with Gasteiger partial charge in [-0.1, -0.05) is 45.7 Å². The fourth-order valence-electron chi connectivity index (χ4n) is 2.94. The Hall–Kier alpha value is -0.150. The molecule has 0 aromatic carbocycles. The van der Waals surface area contributed by atoms with Crippen molar-refractivity contribution in [2.75, 3.05) is 0 Å². The van der Waals surface area contributed by atoms with Crippen LogP contribution in [0, 0.1) is 5.92 Å². The van der Waals surface area contributed by atoms with Crippen molar-refractivity contribution < 1.29 is 0 Å². The van der Waals surface area contributed by atoms with Gasteiger partial charge in [-0.3, -0.25) is 0 Å². The molecule has 2 nitrogen and oxygen atoms in total. The van der Waals surface area contributed by atoms with E-state index in [9.17, 15) is 0 Å². The third kappa shape index (κ3) is 3.54. The number of hydrogen-bond donors (Lipinski definition) is 0. The van der Waals surface area contributed by atoms with Gasteiger partial charge in [-0.15, -0.1) is 0 Å². The first-order valence-electron chi connectivity index (χ1n) is 7.56. The fraction of sp³-hybridized carbons (Fsp3) is 0.750. The van der Waals surface area contributed by atoms with Crippen molar-refractivity contribution in [3.63, 3.8) is 0 Å². The summed E-state index contributed by atoms with van der Waals surface area (Å²) in [5, 5.41) is 0.553. The molecule has 1 heterocycles. The molecule has 2 rings (SSSR count). The zero-order chi connectivity index (χ0) is 14.9. The Morgan fingerprint density at radius 3 is 2.25 bits per heavy atom. The summed E-state index contributed by atoms with van der Waals surface area (Å²) in [6.45, 7) is 8.77. The summed E-state index contributed by atoms with van der Waals surface area (Å²) >= 11 is 9.84. The van der Waals surface area contributed by atoms with E-state index in [2.05, 4.69) is 48.6 Å². The van der Waals surface area contributed by atoms with Gasteiger partial charge in [0.2, 0.25) is 0 Å². The largest absolute Gasteiger partial charge is 0.236 e. The fourth-order valence-corrected chi connectivity index (χ4v) is 3.89. The van der Waals surface area contributed by atoms with E-state index in [4.69, 9.17) is 16.6 Å². The monoisotopic (exact) mass is 358 g/mol. The summed E-state index contributed by atoms with van der Waals surface area (Å²) < 4.78 is 0.845. The van der Waals surface area contributed by atoms with Gasteiger partial charge in [-0.25, -0.2) is 9.97 Å². The lowest BCUT2D eigenvalue weighted by atomic mass is 9.80. The average Bonchev–Trinajstić information content (AvgIpc) is 2.40. The first-order chi connectivity index (χ1) is 9.32. The van der Waals surface area contributed by atoms with Gasteiger partial charge in [0.25, 0.3) is 0 Å². The molecule has 1 saturated carbocycles. The number of halogens is 2. The van der Waals surface area contributed by atoms with E-state index in [1.54, 1.807) is 0 Å². The Labute approximate surface area is 135 Å². The second-order valence-corrected chi connectivity index (χ2v) is 8.06. The molecule has 112 valence electrons. The van der Waals surface area contributed by atoms with Gasteiger partial charge in [-0.05, 0) is 47.5 Å². The molecule has 0 amide bonds. The van der Waals surface area contributed by atoms with Crippen LogP contribution in [0.25, 0.3) is 0 Å². The van der Waals surface area contributed by atoms with E-state index >= 15 is 0 Å². The molecule has 1 aromatic rings. The molecule has 0 unspecified atom stereocenters. The van der Waals surface area contributed by atoms with Crippen molar-refractivity contribution in [3.05, 3.63) is 21.1 Å². The van der Waals surface area contributed by atoms with E-state index < -0.39 is 0 Å². The molecule has 1 aliphatic rings. The van der Waals surface area contributed by atoms with Gasteiger partial charge >= 0.3 is 0 Å². The zero-order valence-electron chi connectivity index (χ0n) is 12.8. The van der Waals surface area contributed by atoms with E-state index in [-0.39, 0.29) is 5.41 Å². The number of hydrogen-bond acceptors (Lipinski definition) is 2. The second-order valence-electron chi connectivity index (χ2n) is 6.91. The highest BCUT2D eigenvalue weighted by Gasteiger charge is 2.27. The molecule has 0 bridgehead atoms. The van der Waals surface area contributed by atoms with Gasteiger partial charge in [0.15, 0.2) is 0 Å². The van der Waals surface area contributed by atoms with E-state index in [0.717, 1.165) is 21.9 Å². The predicted octanol–water partition coefficient (Wildman–Crippen LogP) is 5.87. The van der Waals surface area contributed by atoms with Crippen LogP contribution in [0.1, 0.15) is 77.2 Å². The van der Waals surface area contributed by atoms with E-state index in [0.29, 0.717) is 11.1 Å². The highest BCUT2D eigenvalue weighted by molar-refractivity contribution is 9.10. The molecule has 0 saturated heterocycles. The topological polar surface area (TPSA) is 25.8 Å². The van der Waals surface area contributed by atoms with Gasteiger partial charge in [0.1, 0.15) is 11.0 Å². The van der Waals surface area contributed by atoms with Crippen LogP contribution in [0.15, 0.2) is 4.47 Å². The summed E-state index contributed by atoms with van der Waals surface area (Å²) in [4.78, 5) is 9.37. The molecular formula is C16H24BrClN2. The minimum absolute atomic E-state index is 0.0270. The molecule has 0 atom stereocenters. The first kappa shape index (κ1) is 16.2. The Morgan fingerprint density at radius 1 is 1.15 bits per heavy atom. The smallest absolute Gasteiger partial charge is 0.147 e. The third-order valence-corrected chi connectivity index (χ3v) is 5.58. The maximum Gasteiger partial charge on any atom is 0.147 e. The van der Waals surface area contributed by atoms with E-state index in [1.807, 2.05) is 0 Å². The maximum atomic E-state index is 6.30. The highest BCUT2D eigenvalue weighted by Crippen LogP contribution is 2.38. The Bertz CT molecular complexity index is 474. The molecule has 1 aliphatic carbocycles. The van der Waals surface area contributed by atoms with Crippen molar-refractivity contribution in [3.8, 4) is 0 Å². The van der Waals surface area contributed by atoms with Crippen molar-refractivity contribution in [2.45, 2.75) is 71.1 Å². The highest BCUT2D eigenvalue weighted by atomic mass is 79.9. The van der Waals surface area contributed by atoms with Crippen LogP contribution in [0.4, 0.5) is 0 Å². The lowest BCUT2D eigenvalue weighted by Crippen LogP contribution is -2.20. The quantitative estimate of drug-likeness (QED) is 0.617. The summed E-state index contributed by atoms with van der Waals surface area (Å²) in [6.07, 6.45) is 6.27. The van der Waals surface area contributed by atoms with Crippen molar-refractivity contribution in [2.24, 2.45) is 5.92 Å². The normalized spacial score (nSPS) is 23.9. The summed E-state index contributed by atoms with van der Waals surface area (Å²) in [7, 11) is 0. The summed E-state index contributed by atoms with van der Waals surface area (Å²) in [5.41, 5.74) is 0.992. The molecular weight excluding hydrogens is 336 g/mol. The summed E-state index contributed by atoms with van der Waals surface area (Å²) in [5.74, 6) is 2.31. The van der Waals surface area contributed by atoms with Crippen LogP contribution >= 0.6 is 27.5 Å². The van der Waals surface area contributed by atoms with Gasteiger partial charge in [0, 0.05) is 11.3 Å². The molecule has 0 radical (unpaired) electrons. The van der Waals surface area contributed by atoms with Crippen molar-refractivity contribution in [1.29, 1.82) is 0 Å². The molecule has 20 heavy (non-hydrogen) atoms. The third-order valence-electron chi connectivity index (χ3n) is 4.33. The molecule has 1 aromatic heterocycles. The lowest BCUT2D eigenvalue weighted by Gasteiger charge is -2.28. The van der Waals surface area contributed by atoms with Crippen LogP contribution in [-0.4, -0.2) is 9.97 Å². The standard InChI is InChI=1S/C16H24BrClN2/c1-5-10-6-8-11(9-7-10)15-19-13(16(2,3)4)12(17)14(18)20-15/h10-11H,5-9H2,1-4H3. The Kier molecular flexibility index (Phi) is 5.12. The molecule has 1 fully saturated rings. The molecule has 4 heteroatoms. The molecule has 0 aliphatic heterocycles. The summed E-state index contributed by atoms with van der Waals surface area (Å²) in [6, 6.07) is 0. The number of rotatable bonds is 2. The van der Waals surface area contributed by atoms with Gasteiger partial charge in [0.05, 0.1) is 10.2 Å². The minimum atomic E-state index is -0.0270. The predicted molar refractivity (Wildman–Crippen MR) is 88.4 cm³/mol. The molecule has 0 N–H and O–H groups in total. The second kappa shape index (κ2) is 6.31. The van der Waals surface area contributed by atoms with Crippen molar-refractivity contribution in [1.82, 2.24) is 9.97 Å². The SMILES string of the molecule is CCC1CCC(c2nc(Cl)c(Br)c(C(C)(C)C)n2)CC1. The van der Waals surface area contributed by atoms with Crippen LogP contribution in [-0.2, 0) is 5.41 Å².